The van der Waals surface area contributed by atoms with E-state index in [2.05, 4.69) is 46.9 Å². The average molecular weight is 297 g/mol. The molecule has 1 aromatic carbocycles. The number of nitriles is 1. The van der Waals surface area contributed by atoms with Gasteiger partial charge in [-0.15, -0.1) is 0 Å². The molecule has 0 spiro atoms. The number of benzene rings is 1. The van der Waals surface area contributed by atoms with Gasteiger partial charge in [0.05, 0.1) is 12.0 Å². The van der Waals surface area contributed by atoms with Gasteiger partial charge in [-0.25, -0.2) is 0 Å². The quantitative estimate of drug-likeness (QED) is 0.576. The molecule has 0 aromatic heterocycles. The Hall–Kier alpha value is -0.560. The predicted octanol–water partition coefficient (Wildman–Crippen LogP) is 3.25. The molecule has 1 nitrogen and oxygen atoms in total. The van der Waals surface area contributed by atoms with E-state index in [1.165, 1.54) is 16.7 Å². The van der Waals surface area contributed by atoms with E-state index >= 15 is 0 Å². The van der Waals surface area contributed by atoms with Crippen molar-refractivity contribution in [3.05, 3.63) is 34.9 Å². The highest BCUT2D eigenvalue weighted by Crippen LogP contribution is 2.26. The first-order valence-electron chi connectivity index (χ1n) is 4.89. The van der Waals surface area contributed by atoms with Crippen LogP contribution in [0.5, 0.6) is 0 Å². The fourth-order valence-corrected chi connectivity index (χ4v) is 2.48. The highest BCUT2D eigenvalue weighted by Gasteiger charge is 2.17. The van der Waals surface area contributed by atoms with Crippen LogP contribution in [0.15, 0.2) is 18.2 Å². The SMILES string of the molecule is N#C[C@@H]1CCc2cc(CI)ccc2C1. The Kier molecular flexibility index (Phi) is 3.07. The highest BCUT2D eigenvalue weighted by molar-refractivity contribution is 14.1. The molecule has 0 bridgehead atoms. The van der Waals surface area contributed by atoms with E-state index in [1.54, 1.807) is 0 Å². The number of fused-ring (bicyclic) bond motifs is 1. The van der Waals surface area contributed by atoms with Gasteiger partial charge >= 0.3 is 0 Å². The Bertz CT molecular complexity index is 378. The minimum Gasteiger partial charge on any atom is -0.198 e. The Morgan fingerprint density at radius 1 is 1.43 bits per heavy atom. The number of alkyl halides is 1. The van der Waals surface area contributed by atoms with Gasteiger partial charge < -0.3 is 0 Å². The van der Waals surface area contributed by atoms with E-state index in [1.807, 2.05) is 0 Å². The fourth-order valence-electron chi connectivity index (χ4n) is 2.00. The molecule has 0 amide bonds. The molecule has 72 valence electrons. The first kappa shape index (κ1) is 9.97. The maximum Gasteiger partial charge on any atom is 0.0659 e. The van der Waals surface area contributed by atoms with E-state index in [9.17, 15) is 0 Å². The minimum absolute atomic E-state index is 0.243. The zero-order valence-corrected chi connectivity index (χ0v) is 10.1. The van der Waals surface area contributed by atoms with Gasteiger partial charge in [-0.1, -0.05) is 40.8 Å². The molecule has 0 saturated heterocycles. The lowest BCUT2D eigenvalue weighted by atomic mass is 9.84. The highest BCUT2D eigenvalue weighted by atomic mass is 127. The van der Waals surface area contributed by atoms with Crippen LogP contribution in [0.25, 0.3) is 0 Å². The summed E-state index contributed by atoms with van der Waals surface area (Å²) < 4.78 is 1.08. The van der Waals surface area contributed by atoms with Crippen molar-refractivity contribution in [1.82, 2.24) is 0 Å². The molecule has 2 rings (SSSR count). The van der Waals surface area contributed by atoms with Crippen molar-refractivity contribution < 1.29 is 0 Å². The summed E-state index contributed by atoms with van der Waals surface area (Å²) in [7, 11) is 0. The molecule has 1 aliphatic rings. The minimum atomic E-state index is 0.243. The average Bonchev–Trinajstić information content (AvgIpc) is 2.27. The van der Waals surface area contributed by atoms with Gasteiger partial charge in [-0.3, -0.25) is 0 Å². The van der Waals surface area contributed by atoms with Crippen LogP contribution in [0.2, 0.25) is 0 Å². The summed E-state index contributed by atoms with van der Waals surface area (Å²) >= 11 is 2.39. The van der Waals surface area contributed by atoms with Crippen molar-refractivity contribution in [3.63, 3.8) is 0 Å². The van der Waals surface area contributed by atoms with Crippen LogP contribution in [-0.4, -0.2) is 0 Å². The third kappa shape index (κ3) is 1.93. The van der Waals surface area contributed by atoms with Crippen LogP contribution >= 0.6 is 22.6 Å². The molecule has 1 atom stereocenters. The number of aryl methyl sites for hydroxylation is 1. The number of hydrogen-bond acceptors (Lipinski definition) is 1. The van der Waals surface area contributed by atoms with Crippen molar-refractivity contribution in [2.45, 2.75) is 23.7 Å². The zero-order valence-electron chi connectivity index (χ0n) is 7.96. The van der Waals surface area contributed by atoms with E-state index in [4.69, 9.17) is 5.26 Å². The third-order valence-electron chi connectivity index (χ3n) is 2.84. The predicted molar refractivity (Wildman–Crippen MR) is 65.3 cm³/mol. The Morgan fingerprint density at radius 2 is 2.29 bits per heavy atom. The third-order valence-corrected chi connectivity index (χ3v) is 3.72. The summed E-state index contributed by atoms with van der Waals surface area (Å²) in [5.41, 5.74) is 4.25. The van der Waals surface area contributed by atoms with E-state index in [0.29, 0.717) is 0 Å². The first-order valence-corrected chi connectivity index (χ1v) is 6.42. The first-order chi connectivity index (χ1) is 6.83. The molecule has 2 heteroatoms. The normalized spacial score (nSPS) is 19.9. The lowest BCUT2D eigenvalue weighted by molar-refractivity contribution is 0.564. The molecule has 0 radical (unpaired) electrons. The van der Waals surface area contributed by atoms with Gasteiger partial charge in [0.15, 0.2) is 0 Å². The Morgan fingerprint density at radius 3 is 3.00 bits per heavy atom. The van der Waals surface area contributed by atoms with E-state index < -0.39 is 0 Å². The van der Waals surface area contributed by atoms with Crippen molar-refractivity contribution in [3.8, 4) is 6.07 Å². The molecule has 1 aliphatic carbocycles. The molecule has 0 saturated carbocycles. The molecule has 0 unspecified atom stereocenters. The second-order valence-electron chi connectivity index (χ2n) is 3.81. The summed E-state index contributed by atoms with van der Waals surface area (Å²) in [5, 5.41) is 8.87. The largest absolute Gasteiger partial charge is 0.198 e. The second-order valence-corrected chi connectivity index (χ2v) is 4.57. The Labute approximate surface area is 98.3 Å². The van der Waals surface area contributed by atoms with E-state index in [0.717, 1.165) is 23.7 Å². The number of halogens is 1. The smallest absolute Gasteiger partial charge is 0.0659 e. The lowest BCUT2D eigenvalue weighted by Gasteiger charge is -2.20. The van der Waals surface area contributed by atoms with Gasteiger partial charge in [-0.2, -0.15) is 5.26 Å². The zero-order chi connectivity index (χ0) is 9.97. The summed E-state index contributed by atoms with van der Waals surface area (Å²) in [4.78, 5) is 0. The number of hydrogen-bond donors (Lipinski definition) is 0. The molecule has 0 fully saturated rings. The molecular formula is C12H12IN. The van der Waals surface area contributed by atoms with Crippen molar-refractivity contribution in [1.29, 1.82) is 5.26 Å². The topological polar surface area (TPSA) is 23.8 Å². The second kappa shape index (κ2) is 4.31. The number of rotatable bonds is 1. The van der Waals surface area contributed by atoms with Crippen molar-refractivity contribution in [2.75, 3.05) is 0 Å². The summed E-state index contributed by atoms with van der Waals surface area (Å²) in [6, 6.07) is 9.06. The van der Waals surface area contributed by atoms with Gasteiger partial charge in [0.2, 0.25) is 0 Å². The van der Waals surface area contributed by atoms with Crippen LogP contribution in [0, 0.1) is 17.2 Å². The maximum absolute atomic E-state index is 8.87. The summed E-state index contributed by atoms with van der Waals surface area (Å²) in [6.07, 6.45) is 3.07. The summed E-state index contributed by atoms with van der Waals surface area (Å²) in [5.74, 6) is 0.243. The van der Waals surface area contributed by atoms with Crippen LogP contribution in [-0.2, 0) is 17.3 Å². The molecule has 1 aromatic rings. The molecule has 0 heterocycles. The molecule has 0 aliphatic heterocycles. The number of nitrogens with zero attached hydrogens (tertiary/aromatic N) is 1. The van der Waals surface area contributed by atoms with Crippen LogP contribution < -0.4 is 0 Å². The van der Waals surface area contributed by atoms with Crippen molar-refractivity contribution in [2.24, 2.45) is 5.92 Å². The monoisotopic (exact) mass is 297 g/mol. The lowest BCUT2D eigenvalue weighted by Crippen LogP contribution is -2.12. The molecular weight excluding hydrogens is 285 g/mol. The molecule has 14 heavy (non-hydrogen) atoms. The van der Waals surface area contributed by atoms with Crippen LogP contribution in [0.1, 0.15) is 23.1 Å². The van der Waals surface area contributed by atoms with Gasteiger partial charge in [0.25, 0.3) is 0 Å². The Balaban J connectivity index is 2.29. The van der Waals surface area contributed by atoms with Crippen molar-refractivity contribution >= 4 is 22.6 Å². The fraction of sp³-hybridized carbons (Fsp3) is 0.417. The summed E-state index contributed by atoms with van der Waals surface area (Å²) in [6.45, 7) is 0. The van der Waals surface area contributed by atoms with Gasteiger partial charge in [0.1, 0.15) is 0 Å². The van der Waals surface area contributed by atoms with Crippen LogP contribution in [0.4, 0.5) is 0 Å². The molecule has 0 N–H and O–H groups in total. The van der Waals surface area contributed by atoms with Crippen LogP contribution in [0.3, 0.4) is 0 Å². The van der Waals surface area contributed by atoms with E-state index in [-0.39, 0.29) is 5.92 Å². The van der Waals surface area contributed by atoms with Gasteiger partial charge in [0, 0.05) is 4.43 Å². The standard InChI is InChI=1S/C12H12IN/c13-7-9-1-3-12-6-10(8-14)2-4-11(12)5-9/h1,3,5,10H,2,4,6-7H2/t10-/m1/s1. The maximum atomic E-state index is 8.87. The van der Waals surface area contributed by atoms with Gasteiger partial charge in [-0.05, 0) is 36.0 Å².